The van der Waals surface area contributed by atoms with Crippen LogP contribution in [0.2, 0.25) is 0 Å². The van der Waals surface area contributed by atoms with Gasteiger partial charge in [0.15, 0.2) is 0 Å². The second-order valence-electron chi connectivity index (χ2n) is 3.56. The average molecular weight is 245 g/mol. The maximum Gasteiger partial charge on any atom is 0.240 e. The van der Waals surface area contributed by atoms with Crippen LogP contribution in [-0.4, -0.2) is 35.8 Å². The highest BCUT2D eigenvalue weighted by molar-refractivity contribution is 5.87. The molecular formula is C12H27N3O2. The van der Waals surface area contributed by atoms with Gasteiger partial charge in [0.2, 0.25) is 11.8 Å². The van der Waals surface area contributed by atoms with E-state index in [4.69, 9.17) is 11.5 Å². The number of primary amides is 1. The zero-order valence-electron chi connectivity index (χ0n) is 11.5. The number of rotatable bonds is 2. The molecule has 0 aromatic carbocycles. The second-order valence-corrected chi connectivity index (χ2v) is 3.56. The first kappa shape index (κ1) is 18.3. The molecule has 1 unspecified atom stereocenters. The molecule has 5 heteroatoms. The summed E-state index contributed by atoms with van der Waals surface area (Å²) >= 11 is 0. The molecule has 1 heterocycles. The molecule has 0 spiro atoms. The molecule has 1 saturated heterocycles. The Bertz CT molecular complexity index is 220. The van der Waals surface area contributed by atoms with E-state index in [1.165, 1.54) is 11.3 Å². The minimum atomic E-state index is -0.436. The van der Waals surface area contributed by atoms with E-state index >= 15 is 0 Å². The minimum absolute atomic E-state index is 0.0518. The molecule has 17 heavy (non-hydrogen) atoms. The number of nitrogens with two attached hydrogens (primary N) is 2. The number of hydrogen-bond acceptors (Lipinski definition) is 3. The predicted molar refractivity (Wildman–Crippen MR) is 70.3 cm³/mol. The molecule has 0 bridgehead atoms. The summed E-state index contributed by atoms with van der Waals surface area (Å²) < 4.78 is 0. The third-order valence-electron chi connectivity index (χ3n) is 2.08. The van der Waals surface area contributed by atoms with Crippen molar-refractivity contribution in [2.75, 3.05) is 13.1 Å². The smallest absolute Gasteiger partial charge is 0.240 e. The number of amides is 2. The van der Waals surface area contributed by atoms with Crippen LogP contribution < -0.4 is 11.5 Å². The van der Waals surface area contributed by atoms with Crippen LogP contribution >= 0.6 is 0 Å². The highest BCUT2D eigenvalue weighted by Gasteiger charge is 2.31. The molecule has 1 aliphatic heterocycles. The van der Waals surface area contributed by atoms with Gasteiger partial charge in [-0.1, -0.05) is 34.1 Å². The SMILES string of the molecule is CC.CCC.NCC(=O)N1CCCC1C(N)=O. The lowest BCUT2D eigenvalue weighted by Crippen LogP contribution is -2.45. The summed E-state index contributed by atoms with van der Waals surface area (Å²) in [5.74, 6) is -0.634. The maximum absolute atomic E-state index is 11.1. The molecule has 1 atom stereocenters. The molecule has 0 aromatic heterocycles. The van der Waals surface area contributed by atoms with Gasteiger partial charge in [0.25, 0.3) is 0 Å². The van der Waals surface area contributed by atoms with Gasteiger partial charge in [-0.25, -0.2) is 0 Å². The van der Waals surface area contributed by atoms with Crippen molar-refractivity contribution in [1.82, 2.24) is 4.90 Å². The van der Waals surface area contributed by atoms with Crippen molar-refractivity contribution in [3.05, 3.63) is 0 Å². The topological polar surface area (TPSA) is 89.4 Å². The molecular weight excluding hydrogens is 218 g/mol. The molecule has 4 N–H and O–H groups in total. The molecule has 102 valence electrons. The van der Waals surface area contributed by atoms with Crippen molar-refractivity contribution in [3.8, 4) is 0 Å². The number of carbonyl (C=O) groups is 2. The minimum Gasteiger partial charge on any atom is -0.368 e. The van der Waals surface area contributed by atoms with Gasteiger partial charge in [-0.3, -0.25) is 9.59 Å². The first-order valence-electron chi connectivity index (χ1n) is 6.37. The van der Waals surface area contributed by atoms with Crippen LogP contribution in [0.3, 0.4) is 0 Å². The fourth-order valence-electron chi connectivity index (χ4n) is 1.48. The number of hydrogen-bond donors (Lipinski definition) is 2. The fourth-order valence-corrected chi connectivity index (χ4v) is 1.48. The third-order valence-corrected chi connectivity index (χ3v) is 2.08. The monoisotopic (exact) mass is 245 g/mol. The van der Waals surface area contributed by atoms with Gasteiger partial charge in [0.05, 0.1) is 6.54 Å². The summed E-state index contributed by atoms with van der Waals surface area (Å²) in [6.45, 7) is 8.80. The van der Waals surface area contributed by atoms with Gasteiger partial charge in [-0.15, -0.1) is 0 Å². The quantitative estimate of drug-likeness (QED) is 0.756. The molecule has 0 aliphatic carbocycles. The maximum atomic E-state index is 11.1. The molecule has 0 saturated carbocycles. The van der Waals surface area contributed by atoms with E-state index in [0.29, 0.717) is 13.0 Å². The van der Waals surface area contributed by atoms with E-state index in [-0.39, 0.29) is 12.5 Å². The predicted octanol–water partition coefficient (Wildman–Crippen LogP) is 0.864. The Balaban J connectivity index is 0. The summed E-state index contributed by atoms with van der Waals surface area (Å²) in [5.41, 5.74) is 10.3. The Kier molecular flexibility index (Phi) is 12.2. The summed E-state index contributed by atoms with van der Waals surface area (Å²) in [4.78, 5) is 23.4. The van der Waals surface area contributed by atoms with Crippen LogP contribution in [0.4, 0.5) is 0 Å². The zero-order chi connectivity index (χ0) is 13.8. The molecule has 5 nitrogen and oxygen atoms in total. The van der Waals surface area contributed by atoms with Crippen LogP contribution in [0.25, 0.3) is 0 Å². The zero-order valence-corrected chi connectivity index (χ0v) is 11.5. The Hall–Kier alpha value is -1.10. The first-order valence-corrected chi connectivity index (χ1v) is 6.37. The van der Waals surface area contributed by atoms with Crippen molar-refractivity contribution in [2.24, 2.45) is 11.5 Å². The van der Waals surface area contributed by atoms with Crippen LogP contribution in [0.15, 0.2) is 0 Å². The molecule has 1 rings (SSSR count). The Morgan fingerprint density at radius 2 is 1.76 bits per heavy atom. The van der Waals surface area contributed by atoms with Gasteiger partial charge in [-0.2, -0.15) is 0 Å². The molecule has 1 aliphatic rings. The van der Waals surface area contributed by atoms with Crippen LogP contribution in [-0.2, 0) is 9.59 Å². The van der Waals surface area contributed by atoms with E-state index in [0.717, 1.165) is 6.42 Å². The van der Waals surface area contributed by atoms with Crippen LogP contribution in [0.5, 0.6) is 0 Å². The lowest BCUT2D eigenvalue weighted by molar-refractivity contribution is -0.136. The number of carbonyl (C=O) groups excluding carboxylic acids is 2. The Labute approximate surface area is 105 Å². The van der Waals surface area contributed by atoms with Gasteiger partial charge >= 0.3 is 0 Å². The van der Waals surface area contributed by atoms with E-state index in [9.17, 15) is 9.59 Å². The van der Waals surface area contributed by atoms with Gasteiger partial charge in [0.1, 0.15) is 6.04 Å². The Morgan fingerprint density at radius 1 is 1.29 bits per heavy atom. The van der Waals surface area contributed by atoms with Crippen LogP contribution in [0.1, 0.15) is 47.0 Å². The standard InChI is InChI=1S/C7H13N3O2.C3H8.C2H6/c8-4-6(11)10-3-1-2-5(10)7(9)12;1-3-2;1-2/h5H,1-4,8H2,(H2,9,12);3H2,1-2H3;1-2H3. The highest BCUT2D eigenvalue weighted by Crippen LogP contribution is 2.16. The van der Waals surface area contributed by atoms with Crippen molar-refractivity contribution >= 4 is 11.8 Å². The molecule has 1 fully saturated rings. The molecule has 2 amide bonds. The first-order chi connectivity index (χ1) is 8.08. The van der Waals surface area contributed by atoms with Gasteiger partial charge in [0, 0.05) is 6.54 Å². The van der Waals surface area contributed by atoms with Gasteiger partial charge in [-0.05, 0) is 12.8 Å². The number of nitrogens with zero attached hydrogens (tertiary/aromatic N) is 1. The Morgan fingerprint density at radius 3 is 2.12 bits per heavy atom. The highest BCUT2D eigenvalue weighted by atomic mass is 16.2. The second kappa shape index (κ2) is 11.4. The fraction of sp³-hybridized carbons (Fsp3) is 0.833. The van der Waals surface area contributed by atoms with E-state index in [1.54, 1.807) is 0 Å². The number of likely N-dealkylation sites (tertiary alicyclic amines) is 1. The summed E-state index contributed by atoms with van der Waals surface area (Å²) in [5, 5.41) is 0. The largest absolute Gasteiger partial charge is 0.368 e. The van der Waals surface area contributed by atoms with Crippen molar-refractivity contribution in [3.63, 3.8) is 0 Å². The van der Waals surface area contributed by atoms with Crippen molar-refractivity contribution in [2.45, 2.75) is 53.0 Å². The third kappa shape index (κ3) is 6.94. The van der Waals surface area contributed by atoms with Gasteiger partial charge < -0.3 is 16.4 Å². The lowest BCUT2D eigenvalue weighted by Gasteiger charge is -2.20. The molecule has 0 radical (unpaired) electrons. The molecule has 0 aromatic rings. The van der Waals surface area contributed by atoms with E-state index in [1.807, 2.05) is 13.8 Å². The van der Waals surface area contributed by atoms with E-state index in [2.05, 4.69) is 13.8 Å². The summed E-state index contributed by atoms with van der Waals surface area (Å²) in [7, 11) is 0. The van der Waals surface area contributed by atoms with E-state index < -0.39 is 11.9 Å². The average Bonchev–Trinajstić information content (AvgIpc) is 2.81. The lowest BCUT2D eigenvalue weighted by atomic mass is 10.2. The summed E-state index contributed by atoms with van der Waals surface area (Å²) in [6.07, 6.45) is 2.75. The van der Waals surface area contributed by atoms with Crippen LogP contribution in [0, 0.1) is 0 Å². The normalized spacial score (nSPS) is 17.5. The summed E-state index contributed by atoms with van der Waals surface area (Å²) in [6, 6.07) is -0.430. The van der Waals surface area contributed by atoms with Crippen molar-refractivity contribution < 1.29 is 9.59 Å². The van der Waals surface area contributed by atoms with Crippen molar-refractivity contribution in [1.29, 1.82) is 0 Å².